The molecule has 2 fully saturated rings. The second kappa shape index (κ2) is 6.63. The van der Waals surface area contributed by atoms with E-state index >= 15 is 0 Å². The van der Waals surface area contributed by atoms with Gasteiger partial charge in [-0.1, -0.05) is 17.7 Å². The smallest absolute Gasteiger partial charge is 0.243 e. The predicted octanol–water partition coefficient (Wildman–Crippen LogP) is 2.47. The van der Waals surface area contributed by atoms with Gasteiger partial charge in [-0.2, -0.15) is 4.31 Å². The molecule has 1 spiro atoms. The van der Waals surface area contributed by atoms with Crippen molar-refractivity contribution in [1.82, 2.24) is 14.3 Å². The molecule has 2 aliphatic heterocycles. The summed E-state index contributed by atoms with van der Waals surface area (Å²) < 4.78 is 27.7. The molecule has 0 bridgehead atoms. The van der Waals surface area contributed by atoms with E-state index < -0.39 is 10.0 Å². The summed E-state index contributed by atoms with van der Waals surface area (Å²) in [5.41, 5.74) is 1.06. The number of aryl methyl sites for hydroxylation is 1. The van der Waals surface area contributed by atoms with Gasteiger partial charge in [0.1, 0.15) is 0 Å². The van der Waals surface area contributed by atoms with Crippen LogP contribution in [-0.2, 0) is 10.0 Å². The Bertz CT molecular complexity index is 870. The van der Waals surface area contributed by atoms with E-state index in [0.717, 1.165) is 43.9 Å². The van der Waals surface area contributed by atoms with Crippen molar-refractivity contribution in [1.29, 1.82) is 0 Å². The number of hydrogen-bond donors (Lipinski definition) is 0. The van der Waals surface area contributed by atoms with Crippen LogP contribution in [0.2, 0.25) is 0 Å². The number of sulfonamides is 1. The van der Waals surface area contributed by atoms with Crippen LogP contribution in [0.25, 0.3) is 0 Å². The largest absolute Gasteiger partial charge is 0.340 e. The molecule has 0 aliphatic carbocycles. The van der Waals surface area contributed by atoms with Gasteiger partial charge in [0, 0.05) is 44.0 Å². The predicted molar refractivity (Wildman–Crippen MR) is 100 cm³/mol. The quantitative estimate of drug-likeness (QED) is 0.828. The lowest BCUT2D eigenvalue weighted by Gasteiger charge is -2.40. The van der Waals surface area contributed by atoms with Gasteiger partial charge < -0.3 is 4.90 Å². The van der Waals surface area contributed by atoms with Gasteiger partial charge in [0.25, 0.3) is 0 Å². The molecule has 138 valence electrons. The third kappa shape index (κ3) is 3.21. The summed E-state index contributed by atoms with van der Waals surface area (Å²) in [6.45, 7) is 4.86. The van der Waals surface area contributed by atoms with Crippen molar-refractivity contribution >= 4 is 16.0 Å². The lowest BCUT2D eigenvalue weighted by Crippen LogP contribution is -2.46. The highest BCUT2D eigenvalue weighted by molar-refractivity contribution is 7.89. The average molecular weight is 372 g/mol. The van der Waals surface area contributed by atoms with Crippen LogP contribution in [0, 0.1) is 12.3 Å². The van der Waals surface area contributed by atoms with Crippen LogP contribution < -0.4 is 4.90 Å². The molecule has 2 aromatic rings. The first-order valence-corrected chi connectivity index (χ1v) is 10.5. The Hall–Kier alpha value is -1.99. The van der Waals surface area contributed by atoms with Gasteiger partial charge in [-0.05, 0) is 44.4 Å². The number of aromatic nitrogens is 2. The molecule has 26 heavy (non-hydrogen) atoms. The van der Waals surface area contributed by atoms with Crippen LogP contribution in [0.15, 0.2) is 47.6 Å². The van der Waals surface area contributed by atoms with E-state index in [2.05, 4.69) is 14.9 Å². The molecule has 0 radical (unpaired) electrons. The van der Waals surface area contributed by atoms with Crippen LogP contribution in [0.5, 0.6) is 0 Å². The molecule has 2 aliphatic rings. The summed E-state index contributed by atoms with van der Waals surface area (Å²) in [7, 11) is -3.43. The first kappa shape index (κ1) is 17.4. The van der Waals surface area contributed by atoms with E-state index in [0.29, 0.717) is 18.0 Å². The number of benzene rings is 1. The van der Waals surface area contributed by atoms with Gasteiger partial charge in [-0.15, -0.1) is 0 Å². The fraction of sp³-hybridized carbons (Fsp3) is 0.474. The minimum Gasteiger partial charge on any atom is -0.340 e. The van der Waals surface area contributed by atoms with Gasteiger partial charge >= 0.3 is 0 Å². The lowest BCUT2D eigenvalue weighted by molar-refractivity contribution is 0.246. The highest BCUT2D eigenvalue weighted by Crippen LogP contribution is 2.41. The standard InChI is InChI=1S/C19H24N4O2S/c1-16-4-6-17(7-5-16)26(24,25)23-13-9-19(15-23)8-2-12-22(14-19)18-20-10-3-11-21-18/h3-7,10-11H,2,8-9,12-15H2,1H3/t19-/m1/s1. The number of hydrogen-bond acceptors (Lipinski definition) is 5. The van der Waals surface area contributed by atoms with E-state index in [1.807, 2.05) is 25.1 Å². The fourth-order valence-corrected chi connectivity index (χ4v) is 5.68. The first-order chi connectivity index (χ1) is 12.5. The summed E-state index contributed by atoms with van der Waals surface area (Å²) in [5, 5.41) is 0. The van der Waals surface area contributed by atoms with Crippen molar-refractivity contribution in [3.63, 3.8) is 0 Å². The summed E-state index contributed by atoms with van der Waals surface area (Å²) in [6.07, 6.45) is 6.49. The Morgan fingerprint density at radius 1 is 1.00 bits per heavy atom. The average Bonchev–Trinajstić information content (AvgIpc) is 3.07. The van der Waals surface area contributed by atoms with Gasteiger partial charge in [0.2, 0.25) is 16.0 Å². The minimum atomic E-state index is -3.43. The lowest BCUT2D eigenvalue weighted by atomic mass is 9.79. The topological polar surface area (TPSA) is 66.4 Å². The maximum Gasteiger partial charge on any atom is 0.243 e. The minimum absolute atomic E-state index is 0.00474. The second-order valence-electron chi connectivity index (χ2n) is 7.48. The van der Waals surface area contributed by atoms with Gasteiger partial charge in [-0.3, -0.25) is 0 Å². The summed E-state index contributed by atoms with van der Waals surface area (Å²) in [4.78, 5) is 11.3. The van der Waals surface area contributed by atoms with Crippen molar-refractivity contribution in [3.8, 4) is 0 Å². The third-order valence-electron chi connectivity index (χ3n) is 5.56. The highest BCUT2D eigenvalue weighted by atomic mass is 32.2. The number of piperidine rings is 1. The van der Waals surface area contributed by atoms with E-state index in [4.69, 9.17) is 0 Å². The zero-order valence-electron chi connectivity index (χ0n) is 15.0. The molecule has 3 heterocycles. The molecule has 1 aromatic carbocycles. The molecular weight excluding hydrogens is 348 g/mol. The van der Waals surface area contributed by atoms with Crippen molar-refractivity contribution in [2.45, 2.75) is 31.1 Å². The van der Waals surface area contributed by atoms with Crippen LogP contribution in [0.4, 0.5) is 5.95 Å². The third-order valence-corrected chi connectivity index (χ3v) is 7.42. The highest BCUT2D eigenvalue weighted by Gasteiger charge is 2.45. The summed E-state index contributed by atoms with van der Waals surface area (Å²) >= 11 is 0. The molecule has 2 saturated heterocycles. The van der Waals surface area contributed by atoms with Crippen molar-refractivity contribution in [2.75, 3.05) is 31.1 Å². The second-order valence-corrected chi connectivity index (χ2v) is 9.41. The summed E-state index contributed by atoms with van der Waals surface area (Å²) in [6, 6.07) is 8.94. The van der Waals surface area contributed by atoms with Gasteiger partial charge in [-0.25, -0.2) is 18.4 Å². The van der Waals surface area contributed by atoms with Gasteiger partial charge in [0.15, 0.2) is 0 Å². The molecule has 0 N–H and O–H groups in total. The Balaban J connectivity index is 1.53. The van der Waals surface area contributed by atoms with E-state index in [-0.39, 0.29) is 5.41 Å². The number of anilines is 1. The van der Waals surface area contributed by atoms with E-state index in [9.17, 15) is 8.42 Å². The van der Waals surface area contributed by atoms with Crippen LogP contribution in [0.1, 0.15) is 24.8 Å². The number of nitrogens with zero attached hydrogens (tertiary/aromatic N) is 4. The van der Waals surface area contributed by atoms with Crippen molar-refractivity contribution in [3.05, 3.63) is 48.3 Å². The molecule has 4 rings (SSSR count). The Morgan fingerprint density at radius 3 is 2.46 bits per heavy atom. The maximum atomic E-state index is 13.0. The molecule has 0 unspecified atom stereocenters. The van der Waals surface area contributed by atoms with Crippen molar-refractivity contribution in [2.24, 2.45) is 5.41 Å². The first-order valence-electron chi connectivity index (χ1n) is 9.07. The monoisotopic (exact) mass is 372 g/mol. The Labute approximate surface area is 154 Å². The molecule has 1 aromatic heterocycles. The zero-order chi connectivity index (χ0) is 18.2. The fourth-order valence-electron chi connectivity index (χ4n) is 4.12. The summed E-state index contributed by atoms with van der Waals surface area (Å²) in [5.74, 6) is 0.742. The number of rotatable bonds is 3. The SMILES string of the molecule is Cc1ccc(S(=O)(=O)N2CC[C@@]3(CCCN(c4ncccn4)C3)C2)cc1. The molecule has 6 nitrogen and oxygen atoms in total. The zero-order valence-corrected chi connectivity index (χ0v) is 15.8. The Kier molecular flexibility index (Phi) is 4.44. The Morgan fingerprint density at radius 2 is 1.73 bits per heavy atom. The van der Waals surface area contributed by atoms with E-state index in [1.165, 1.54) is 0 Å². The molecule has 0 saturated carbocycles. The molecule has 7 heteroatoms. The normalized spacial score (nSPS) is 24.3. The molecule has 0 amide bonds. The maximum absolute atomic E-state index is 13.0. The van der Waals surface area contributed by atoms with Crippen LogP contribution in [-0.4, -0.2) is 48.9 Å². The molecular formula is C19H24N4O2S. The van der Waals surface area contributed by atoms with Crippen LogP contribution in [0.3, 0.4) is 0 Å². The van der Waals surface area contributed by atoms with Crippen molar-refractivity contribution < 1.29 is 8.42 Å². The van der Waals surface area contributed by atoms with Crippen LogP contribution >= 0.6 is 0 Å². The molecule has 1 atom stereocenters. The van der Waals surface area contributed by atoms with E-state index in [1.54, 1.807) is 28.8 Å². The van der Waals surface area contributed by atoms with Gasteiger partial charge in [0.05, 0.1) is 4.90 Å².